The van der Waals surface area contributed by atoms with E-state index in [2.05, 4.69) is 15.0 Å². The molecule has 3 aliphatic rings. The summed E-state index contributed by atoms with van der Waals surface area (Å²) in [5.74, 6) is -4.09. The van der Waals surface area contributed by atoms with Gasteiger partial charge in [0.1, 0.15) is 22.9 Å². The third kappa shape index (κ3) is 7.22. The quantitative estimate of drug-likeness (QED) is 0.287. The van der Waals surface area contributed by atoms with Crippen LogP contribution in [-0.2, 0) is 22.5 Å². The molecule has 0 aliphatic carbocycles. The summed E-state index contributed by atoms with van der Waals surface area (Å²) in [5.41, 5.74) is -1.64. The highest BCUT2D eigenvalue weighted by Crippen LogP contribution is 2.46. The van der Waals surface area contributed by atoms with E-state index in [9.17, 15) is 32.5 Å². The third-order valence-corrected chi connectivity index (χ3v) is 9.64. The van der Waals surface area contributed by atoms with Gasteiger partial charge >= 0.3 is 13.9 Å². The smallest absolute Gasteiger partial charge is 0.404 e. The number of halogens is 2. The summed E-state index contributed by atoms with van der Waals surface area (Å²) < 4.78 is 50.6. The van der Waals surface area contributed by atoms with E-state index in [0.717, 1.165) is 17.0 Å². The van der Waals surface area contributed by atoms with Crippen molar-refractivity contribution in [3.63, 3.8) is 0 Å². The molecule has 3 amide bonds. The lowest BCUT2D eigenvalue weighted by atomic mass is 9.84. The molecule has 18 heteroatoms. The summed E-state index contributed by atoms with van der Waals surface area (Å²) in [6.45, 7) is 3.30. The first-order chi connectivity index (χ1) is 24.0. The van der Waals surface area contributed by atoms with Crippen LogP contribution in [0.5, 0.6) is 11.5 Å². The van der Waals surface area contributed by atoms with E-state index in [4.69, 9.17) is 19.4 Å². The molecule has 4 heterocycles. The van der Waals surface area contributed by atoms with E-state index in [-0.39, 0.29) is 36.1 Å². The Hall–Kier alpha value is -5.12. The highest BCUT2D eigenvalue weighted by molar-refractivity contribution is 7.46. The molecule has 0 radical (unpaired) electrons. The van der Waals surface area contributed by atoms with Crippen LogP contribution in [0.1, 0.15) is 71.1 Å². The Morgan fingerprint density at radius 2 is 1.90 bits per heavy atom. The molecule has 270 valence electrons. The topological polar surface area (TPSA) is 189 Å². The first kappa shape index (κ1) is 35.7. The fourth-order valence-electron chi connectivity index (χ4n) is 6.60. The summed E-state index contributed by atoms with van der Waals surface area (Å²) in [5, 5.41) is 6.64. The monoisotopic (exact) mass is 729 g/mol. The van der Waals surface area contributed by atoms with Gasteiger partial charge in [-0.15, -0.1) is 0 Å². The lowest BCUT2D eigenvalue weighted by Crippen LogP contribution is -2.52. The third-order valence-electron chi connectivity index (χ3n) is 9.19. The zero-order valence-corrected chi connectivity index (χ0v) is 28.6. The van der Waals surface area contributed by atoms with Crippen LogP contribution >= 0.6 is 7.82 Å². The number of phosphoric acid groups is 1. The minimum atomic E-state index is -4.79. The van der Waals surface area contributed by atoms with E-state index in [1.807, 2.05) is 6.92 Å². The number of rotatable bonds is 8. The number of oxime groups is 1. The van der Waals surface area contributed by atoms with Gasteiger partial charge in [0, 0.05) is 57.0 Å². The van der Waals surface area contributed by atoms with E-state index in [1.54, 1.807) is 11.8 Å². The lowest BCUT2D eigenvalue weighted by molar-refractivity contribution is -0.0655. The van der Waals surface area contributed by atoms with Gasteiger partial charge in [-0.2, -0.15) is 0 Å². The summed E-state index contributed by atoms with van der Waals surface area (Å²) in [6.07, 6.45) is 1.57. The van der Waals surface area contributed by atoms with Gasteiger partial charge in [0.15, 0.2) is 11.3 Å². The minimum absolute atomic E-state index is 0.0491. The van der Waals surface area contributed by atoms with Crippen LogP contribution in [0.25, 0.3) is 0 Å². The molecular formula is C33H34F2N5O10P. The van der Waals surface area contributed by atoms with Crippen LogP contribution in [0.3, 0.4) is 0 Å². The van der Waals surface area contributed by atoms with Gasteiger partial charge in [-0.25, -0.2) is 18.1 Å². The van der Waals surface area contributed by atoms with E-state index in [1.165, 1.54) is 42.1 Å². The number of amides is 3. The van der Waals surface area contributed by atoms with Crippen molar-refractivity contribution in [3.05, 3.63) is 92.9 Å². The number of hydrogen-bond acceptors (Lipinski definition) is 9. The molecule has 1 spiro atoms. The SMILES string of the molecule is CC1=NO[C@@]2(CC[C@H](C)N3C[C@H]2n2cc(C(=O)NCc4ccc(F)cc4F)c(=O)c(OC(=O)N(C)Cc4ccc(OP(=O)(O)O)cc4)c2C3=O)C1. The van der Waals surface area contributed by atoms with E-state index < -0.39 is 72.3 Å². The van der Waals surface area contributed by atoms with Crippen molar-refractivity contribution >= 4 is 31.4 Å². The van der Waals surface area contributed by atoms with Crippen LogP contribution in [0.2, 0.25) is 0 Å². The first-order valence-electron chi connectivity index (χ1n) is 15.9. The van der Waals surface area contributed by atoms with Gasteiger partial charge in [-0.05, 0) is 50.5 Å². The molecule has 1 saturated heterocycles. The molecule has 2 bridgehead atoms. The van der Waals surface area contributed by atoms with E-state index in [0.29, 0.717) is 36.6 Å². The molecule has 0 unspecified atom stereocenters. The maximum absolute atomic E-state index is 14.4. The number of carbonyl (C=O) groups excluding carboxylic acids is 3. The molecule has 0 saturated carbocycles. The van der Waals surface area contributed by atoms with Crippen LogP contribution in [0.4, 0.5) is 13.6 Å². The van der Waals surface area contributed by atoms with Gasteiger partial charge in [0.2, 0.25) is 11.2 Å². The lowest BCUT2D eigenvalue weighted by Gasteiger charge is -2.42. The highest BCUT2D eigenvalue weighted by Gasteiger charge is 2.54. The van der Waals surface area contributed by atoms with Gasteiger partial charge in [0.25, 0.3) is 11.8 Å². The predicted molar refractivity (Wildman–Crippen MR) is 175 cm³/mol. The first-order valence-corrected chi connectivity index (χ1v) is 17.4. The Kier molecular flexibility index (Phi) is 9.48. The number of benzene rings is 2. The number of nitrogens with one attached hydrogen (secondary N) is 1. The van der Waals surface area contributed by atoms with Crippen molar-refractivity contribution < 1.29 is 51.6 Å². The molecular weight excluding hydrogens is 695 g/mol. The van der Waals surface area contributed by atoms with Crippen LogP contribution in [-0.4, -0.2) is 73.0 Å². The average Bonchev–Trinajstić information content (AvgIpc) is 3.39. The summed E-state index contributed by atoms with van der Waals surface area (Å²) in [6, 6.07) is 7.36. The van der Waals surface area contributed by atoms with Crippen molar-refractivity contribution in [2.75, 3.05) is 13.6 Å². The van der Waals surface area contributed by atoms with Crippen molar-refractivity contribution in [2.24, 2.45) is 5.16 Å². The van der Waals surface area contributed by atoms with Gasteiger partial charge in [-0.3, -0.25) is 24.2 Å². The highest BCUT2D eigenvalue weighted by atomic mass is 31.2. The number of phosphoric ester groups is 1. The van der Waals surface area contributed by atoms with E-state index >= 15 is 0 Å². The zero-order chi connectivity index (χ0) is 36.8. The number of carbonyl (C=O) groups is 3. The Labute approximate surface area is 289 Å². The summed E-state index contributed by atoms with van der Waals surface area (Å²) in [4.78, 5) is 82.1. The van der Waals surface area contributed by atoms with Crippen molar-refractivity contribution in [3.8, 4) is 11.5 Å². The average molecular weight is 730 g/mol. The van der Waals surface area contributed by atoms with Crippen LogP contribution < -0.4 is 20.0 Å². The number of hydrogen-bond donors (Lipinski definition) is 3. The predicted octanol–water partition coefficient (Wildman–Crippen LogP) is 3.87. The maximum atomic E-state index is 14.4. The number of ether oxygens (including phenoxy) is 1. The maximum Gasteiger partial charge on any atom is 0.524 e. The molecule has 3 atom stereocenters. The minimum Gasteiger partial charge on any atom is -0.404 e. The molecule has 1 fully saturated rings. The van der Waals surface area contributed by atoms with Gasteiger partial charge < -0.3 is 33.8 Å². The van der Waals surface area contributed by atoms with Gasteiger partial charge in [0.05, 0.1) is 11.8 Å². The second kappa shape index (κ2) is 13.5. The van der Waals surface area contributed by atoms with Crippen molar-refractivity contribution in [2.45, 2.75) is 63.9 Å². The molecule has 15 nitrogen and oxygen atoms in total. The van der Waals surface area contributed by atoms with Crippen LogP contribution in [0.15, 0.2) is 58.6 Å². The summed E-state index contributed by atoms with van der Waals surface area (Å²) >= 11 is 0. The normalized spacial score (nSPS) is 21.0. The molecule has 51 heavy (non-hydrogen) atoms. The number of nitrogens with zero attached hydrogens (tertiary/aromatic N) is 4. The molecule has 3 N–H and O–H groups in total. The number of fused-ring (bicyclic) bond motifs is 5. The fourth-order valence-corrected chi connectivity index (χ4v) is 7.00. The molecule has 1 aromatic heterocycles. The summed E-state index contributed by atoms with van der Waals surface area (Å²) in [7, 11) is -3.43. The number of aromatic nitrogens is 1. The molecule has 3 aromatic rings. The molecule has 6 rings (SSSR count). The fraction of sp³-hybridized carbons (Fsp3) is 0.364. The zero-order valence-electron chi connectivity index (χ0n) is 27.7. The second-order valence-electron chi connectivity index (χ2n) is 12.8. The van der Waals surface area contributed by atoms with Crippen LogP contribution in [0, 0.1) is 11.6 Å². The number of pyridine rings is 1. The molecule has 2 aromatic carbocycles. The Bertz CT molecular complexity index is 2050. The van der Waals surface area contributed by atoms with Crippen molar-refractivity contribution in [1.82, 2.24) is 19.7 Å². The Morgan fingerprint density at radius 3 is 2.55 bits per heavy atom. The second-order valence-corrected chi connectivity index (χ2v) is 14.0. The Morgan fingerprint density at radius 1 is 1.18 bits per heavy atom. The Balaban J connectivity index is 1.37. The molecule has 3 aliphatic heterocycles. The standard InChI is InChI=1S/C33H34F2N5O10P/c1-18-13-33(50-37-18)11-10-19(2)39-17-26(33)40-16-24(30(42)36-14-21-6-7-22(34)12-25(21)35)28(41)29(27(40)31(39)43)48-32(44)38(3)15-20-4-8-23(9-5-20)49-51(45,46)47/h4-9,12,16,19,26H,10-11,13-15,17H2,1-3H3,(H,36,42)(H2,45,46,47)/t19-,26+,33-/m0/s1. The van der Waals surface area contributed by atoms with Crippen molar-refractivity contribution in [1.29, 1.82) is 0 Å². The van der Waals surface area contributed by atoms with Gasteiger partial charge in [-0.1, -0.05) is 23.4 Å². The largest absolute Gasteiger partial charge is 0.524 e.